The first-order valence-corrected chi connectivity index (χ1v) is 4.84. The normalized spacial score (nSPS) is 10.8. The molecule has 0 saturated heterocycles. The Labute approximate surface area is 103 Å². The minimum atomic E-state index is -0.526. The third kappa shape index (κ3) is 3.33. The molecule has 0 amide bonds. The van der Waals surface area contributed by atoms with Gasteiger partial charge in [0.05, 0.1) is 10.6 Å². The molecule has 0 atom stereocenters. The molecular weight excluding hydrogens is 238 g/mol. The summed E-state index contributed by atoms with van der Waals surface area (Å²) in [6.45, 7) is 0. The zero-order valence-electron chi connectivity index (χ0n) is 9.62. The lowest BCUT2D eigenvalue weighted by molar-refractivity contribution is -0.383. The lowest BCUT2D eigenvalue weighted by Gasteiger charge is -2.02. The average molecular weight is 251 g/mol. The van der Waals surface area contributed by atoms with Crippen LogP contribution in [0.5, 0.6) is 0 Å². The molecule has 0 radical (unpaired) electrons. The van der Waals surface area contributed by atoms with E-state index >= 15 is 0 Å². The van der Waals surface area contributed by atoms with Gasteiger partial charge in [-0.2, -0.15) is 4.99 Å². The van der Waals surface area contributed by atoms with Crippen molar-refractivity contribution in [2.24, 2.45) is 27.2 Å². The van der Waals surface area contributed by atoms with Crippen molar-refractivity contribution in [1.29, 1.82) is 0 Å². The third-order valence-electron chi connectivity index (χ3n) is 1.93. The van der Waals surface area contributed by atoms with E-state index in [0.29, 0.717) is 5.69 Å². The highest BCUT2D eigenvalue weighted by Gasteiger charge is 2.13. The molecule has 0 aliphatic heterocycles. The third-order valence-corrected chi connectivity index (χ3v) is 1.93. The van der Waals surface area contributed by atoms with Crippen LogP contribution in [0.3, 0.4) is 0 Å². The van der Waals surface area contributed by atoms with Crippen molar-refractivity contribution in [2.75, 3.05) is 12.4 Å². The number of hydrogen-bond donors (Lipinski definition) is 4. The number of nitrogens with one attached hydrogen (secondary N) is 1. The fraction of sp³-hybridized carbons (Fsp3) is 0.111. The first kappa shape index (κ1) is 13.2. The van der Waals surface area contributed by atoms with Crippen LogP contribution in [0.15, 0.2) is 28.2 Å². The molecule has 0 unspecified atom stereocenters. The summed E-state index contributed by atoms with van der Waals surface area (Å²) >= 11 is 0. The van der Waals surface area contributed by atoms with E-state index in [9.17, 15) is 10.1 Å². The first-order chi connectivity index (χ1) is 8.43. The van der Waals surface area contributed by atoms with Crippen LogP contribution in [-0.2, 0) is 0 Å². The second kappa shape index (κ2) is 5.48. The van der Waals surface area contributed by atoms with Gasteiger partial charge in [0.1, 0.15) is 5.69 Å². The van der Waals surface area contributed by atoms with Crippen molar-refractivity contribution in [3.05, 3.63) is 28.3 Å². The SMILES string of the molecule is CNc1ccc(N=C(N)N=C(N)N)cc1[N+](=O)[O-]. The molecule has 0 fully saturated rings. The van der Waals surface area contributed by atoms with Crippen LogP contribution in [0.1, 0.15) is 0 Å². The topological polar surface area (TPSA) is 158 Å². The molecule has 0 spiro atoms. The number of benzene rings is 1. The molecule has 7 N–H and O–H groups in total. The van der Waals surface area contributed by atoms with Crippen LogP contribution in [0, 0.1) is 10.1 Å². The van der Waals surface area contributed by atoms with Crippen molar-refractivity contribution in [2.45, 2.75) is 0 Å². The van der Waals surface area contributed by atoms with E-state index < -0.39 is 4.92 Å². The molecule has 9 heteroatoms. The highest BCUT2D eigenvalue weighted by Crippen LogP contribution is 2.28. The van der Waals surface area contributed by atoms with E-state index in [1.807, 2.05) is 0 Å². The highest BCUT2D eigenvalue weighted by molar-refractivity contribution is 5.93. The van der Waals surface area contributed by atoms with E-state index in [1.165, 1.54) is 12.1 Å². The molecule has 0 aliphatic carbocycles. The van der Waals surface area contributed by atoms with Gasteiger partial charge in [-0.1, -0.05) is 0 Å². The number of nitro benzene ring substituents is 1. The fourth-order valence-corrected chi connectivity index (χ4v) is 1.24. The van der Waals surface area contributed by atoms with E-state index in [4.69, 9.17) is 17.2 Å². The molecule has 1 aromatic carbocycles. The van der Waals surface area contributed by atoms with Crippen LogP contribution < -0.4 is 22.5 Å². The van der Waals surface area contributed by atoms with Gasteiger partial charge in [0.15, 0.2) is 5.96 Å². The Bertz CT molecular complexity index is 520. The Kier molecular flexibility index (Phi) is 4.02. The number of aliphatic imine (C=N–C) groups is 2. The van der Waals surface area contributed by atoms with Gasteiger partial charge in [-0.05, 0) is 12.1 Å². The standard InChI is InChI=1S/C9H13N7O2/c1-13-6-3-2-5(4-7(6)16(17)18)14-9(12)15-8(10)11/h2-4,13H,1H3,(H6,10,11,12,14,15). The van der Waals surface area contributed by atoms with E-state index in [0.717, 1.165) is 0 Å². The Morgan fingerprint density at radius 2 is 2.06 bits per heavy atom. The van der Waals surface area contributed by atoms with Crippen LogP contribution >= 0.6 is 0 Å². The Balaban J connectivity index is 3.17. The van der Waals surface area contributed by atoms with Crippen molar-refractivity contribution >= 4 is 29.0 Å². The molecule has 96 valence electrons. The number of hydrogen-bond acceptors (Lipinski definition) is 4. The molecule has 18 heavy (non-hydrogen) atoms. The Morgan fingerprint density at radius 1 is 1.39 bits per heavy atom. The number of anilines is 1. The number of nitrogens with two attached hydrogens (primary N) is 3. The van der Waals surface area contributed by atoms with Gasteiger partial charge in [0, 0.05) is 13.1 Å². The van der Waals surface area contributed by atoms with Gasteiger partial charge < -0.3 is 22.5 Å². The Morgan fingerprint density at radius 3 is 2.56 bits per heavy atom. The Hall–Kier alpha value is -2.84. The zero-order valence-corrected chi connectivity index (χ0v) is 9.62. The summed E-state index contributed by atoms with van der Waals surface area (Å²) < 4.78 is 0. The molecule has 0 heterocycles. The minimum Gasteiger partial charge on any atom is -0.383 e. The van der Waals surface area contributed by atoms with Gasteiger partial charge in [0.2, 0.25) is 5.96 Å². The van der Waals surface area contributed by atoms with Crippen LogP contribution in [0.4, 0.5) is 17.1 Å². The van der Waals surface area contributed by atoms with Crippen LogP contribution in [-0.4, -0.2) is 23.9 Å². The van der Waals surface area contributed by atoms with Gasteiger partial charge >= 0.3 is 0 Å². The summed E-state index contributed by atoms with van der Waals surface area (Å²) in [6.07, 6.45) is 0. The summed E-state index contributed by atoms with van der Waals surface area (Å²) in [4.78, 5) is 17.6. The second-order valence-corrected chi connectivity index (χ2v) is 3.22. The number of nitro groups is 1. The predicted octanol–water partition coefficient (Wildman–Crippen LogP) is -0.144. The van der Waals surface area contributed by atoms with Gasteiger partial charge in [0.25, 0.3) is 5.69 Å². The first-order valence-electron chi connectivity index (χ1n) is 4.84. The molecule has 0 bridgehead atoms. The van der Waals surface area contributed by atoms with Gasteiger partial charge in [-0.3, -0.25) is 10.1 Å². The zero-order chi connectivity index (χ0) is 13.7. The second-order valence-electron chi connectivity index (χ2n) is 3.22. The largest absolute Gasteiger partial charge is 0.383 e. The van der Waals surface area contributed by atoms with E-state index in [2.05, 4.69) is 15.3 Å². The molecule has 1 aromatic rings. The van der Waals surface area contributed by atoms with Crippen LogP contribution in [0.2, 0.25) is 0 Å². The highest BCUT2D eigenvalue weighted by atomic mass is 16.6. The predicted molar refractivity (Wildman–Crippen MR) is 69.7 cm³/mol. The maximum atomic E-state index is 10.8. The fourth-order valence-electron chi connectivity index (χ4n) is 1.24. The molecule has 0 aliphatic rings. The quantitative estimate of drug-likeness (QED) is 0.253. The summed E-state index contributed by atoms with van der Waals surface area (Å²) in [6, 6.07) is 4.33. The van der Waals surface area contributed by atoms with Gasteiger partial charge in [-0.15, -0.1) is 0 Å². The smallest absolute Gasteiger partial charge is 0.294 e. The van der Waals surface area contributed by atoms with E-state index in [1.54, 1.807) is 13.1 Å². The van der Waals surface area contributed by atoms with Crippen molar-refractivity contribution in [3.63, 3.8) is 0 Å². The maximum Gasteiger partial charge on any atom is 0.294 e. The summed E-state index contributed by atoms with van der Waals surface area (Å²) in [5, 5.41) is 13.5. The van der Waals surface area contributed by atoms with Crippen molar-refractivity contribution in [3.8, 4) is 0 Å². The molecule has 0 saturated carbocycles. The van der Waals surface area contributed by atoms with Crippen LogP contribution in [0.25, 0.3) is 0 Å². The summed E-state index contributed by atoms with van der Waals surface area (Å²) in [7, 11) is 1.58. The van der Waals surface area contributed by atoms with E-state index in [-0.39, 0.29) is 23.3 Å². The molecular formula is C9H13N7O2. The molecule has 1 rings (SSSR count). The lowest BCUT2D eigenvalue weighted by atomic mass is 10.2. The summed E-state index contributed by atoms with van der Waals surface area (Å²) in [5.41, 5.74) is 16.2. The van der Waals surface area contributed by atoms with Gasteiger partial charge in [-0.25, -0.2) is 4.99 Å². The molecule has 0 aromatic heterocycles. The van der Waals surface area contributed by atoms with Crippen molar-refractivity contribution < 1.29 is 4.92 Å². The number of nitrogens with zero attached hydrogens (tertiary/aromatic N) is 3. The lowest BCUT2D eigenvalue weighted by Crippen LogP contribution is -2.26. The summed E-state index contributed by atoms with van der Waals surface area (Å²) in [5.74, 6) is -0.417. The number of guanidine groups is 2. The molecule has 9 nitrogen and oxygen atoms in total. The number of rotatable bonds is 3. The minimum absolute atomic E-state index is 0.115. The van der Waals surface area contributed by atoms with Crippen molar-refractivity contribution in [1.82, 2.24) is 0 Å². The monoisotopic (exact) mass is 251 g/mol. The maximum absolute atomic E-state index is 10.8. The average Bonchev–Trinajstić information content (AvgIpc) is 2.27.